The standard InChI is InChI=1S/C68H70N2O19/c1-39-48(85-64(81)57(87-53(76)35-43-24-14-8-15-25-43)55(44-26-16-9-17-27-44)70-62(79)47(32-33-51(73)74)69-61(78)45-28-18-10-19-29-45)37-68(82)60(88-63(80)46-30-20-11-21-31-46)58-66(6,59(77)56(84-40(2)71)54(39)65(68,4)5)49(36-50-67(58,38-83-50)89-41(3)72)86-52(75)34-42-22-12-7-13-23-42/h7-31,47-50,55-58,60,82H,32-38H2,1-6H3,(H,69,78)(H,70,79)(H,73,74)/t47-,48+,49+,50-,55+,56-,57-,58+,60+,66-,67+,68-/m1/s1. The van der Waals surface area contributed by atoms with Crippen molar-refractivity contribution >= 4 is 59.4 Å². The molecular formula is C68H70N2O19. The molecule has 1 saturated heterocycles. The van der Waals surface area contributed by atoms with E-state index < -0.39 is 168 Å². The summed E-state index contributed by atoms with van der Waals surface area (Å²) in [4.78, 5) is 143. The molecule has 2 amide bonds. The number of fused-ring (bicyclic) bond motifs is 5. The Hall–Kier alpha value is -9.34. The smallest absolute Gasteiger partial charge is 0.350 e. The summed E-state index contributed by atoms with van der Waals surface area (Å²) >= 11 is 0. The normalized spacial score (nSPS) is 25.8. The van der Waals surface area contributed by atoms with Crippen LogP contribution in [0.25, 0.3) is 0 Å². The summed E-state index contributed by atoms with van der Waals surface area (Å²) in [6.07, 6.45) is -13.3. The van der Waals surface area contributed by atoms with Crippen LogP contribution >= 0.6 is 0 Å². The average molecular weight is 1220 g/mol. The van der Waals surface area contributed by atoms with Gasteiger partial charge in [0.2, 0.25) is 12.0 Å². The summed E-state index contributed by atoms with van der Waals surface area (Å²) in [6, 6.07) is 37.0. The third-order valence-electron chi connectivity index (χ3n) is 17.6. The highest BCUT2D eigenvalue weighted by Crippen LogP contribution is 2.65. The van der Waals surface area contributed by atoms with E-state index in [1.54, 1.807) is 115 Å². The van der Waals surface area contributed by atoms with E-state index in [0.29, 0.717) is 11.1 Å². The first-order chi connectivity index (χ1) is 42.4. The lowest BCUT2D eigenvalue weighted by Crippen LogP contribution is -2.82. The predicted molar refractivity (Wildman–Crippen MR) is 315 cm³/mol. The van der Waals surface area contributed by atoms with Gasteiger partial charge in [0.1, 0.15) is 42.1 Å². The van der Waals surface area contributed by atoms with Crippen molar-refractivity contribution in [3.05, 3.63) is 191 Å². The number of hydrogen-bond donors (Lipinski definition) is 4. The maximum absolute atomic E-state index is 16.6. The molecule has 3 aliphatic carbocycles. The van der Waals surface area contributed by atoms with Crippen molar-refractivity contribution in [1.29, 1.82) is 0 Å². The van der Waals surface area contributed by atoms with E-state index in [9.17, 15) is 48.6 Å². The van der Waals surface area contributed by atoms with E-state index in [-0.39, 0.29) is 40.7 Å². The van der Waals surface area contributed by atoms with Crippen molar-refractivity contribution in [2.24, 2.45) is 16.7 Å². The van der Waals surface area contributed by atoms with Crippen LogP contribution < -0.4 is 10.6 Å². The first-order valence-electron chi connectivity index (χ1n) is 29.2. The van der Waals surface area contributed by atoms with Gasteiger partial charge >= 0.3 is 41.8 Å². The number of Topliss-reactive ketones (excluding diaryl/α,β-unsaturated/α-hetero) is 1. The quantitative estimate of drug-likeness (QED) is 0.0339. The van der Waals surface area contributed by atoms with Gasteiger partial charge in [-0.2, -0.15) is 0 Å². The van der Waals surface area contributed by atoms with Crippen molar-refractivity contribution in [3.8, 4) is 0 Å². The highest BCUT2D eigenvalue weighted by molar-refractivity contribution is 5.98. The number of nitrogens with one attached hydrogen (secondary N) is 2. The van der Waals surface area contributed by atoms with Crippen molar-refractivity contribution in [3.63, 3.8) is 0 Å². The molecule has 4 N–H and O–H groups in total. The number of hydrogen-bond acceptors (Lipinski definition) is 18. The maximum Gasteiger partial charge on any atom is 0.350 e. The number of aliphatic hydroxyl groups is 1. The van der Waals surface area contributed by atoms with Crippen LogP contribution in [0, 0.1) is 16.7 Å². The summed E-state index contributed by atoms with van der Waals surface area (Å²) in [5, 5.41) is 29.5. The lowest BCUT2D eigenvalue weighted by molar-refractivity contribution is -0.346. The third kappa shape index (κ3) is 13.3. The number of carboxylic acid groups (broad SMARTS) is 1. The molecule has 89 heavy (non-hydrogen) atoms. The van der Waals surface area contributed by atoms with E-state index in [4.69, 9.17) is 33.2 Å². The molecule has 466 valence electrons. The molecule has 21 heteroatoms. The van der Waals surface area contributed by atoms with E-state index >= 15 is 9.59 Å². The number of carboxylic acids is 1. The van der Waals surface area contributed by atoms with Crippen molar-refractivity contribution in [1.82, 2.24) is 10.6 Å². The predicted octanol–water partition coefficient (Wildman–Crippen LogP) is 6.67. The molecule has 9 rings (SSSR count). The first-order valence-corrected chi connectivity index (χ1v) is 29.2. The van der Waals surface area contributed by atoms with Crippen LogP contribution in [0.5, 0.6) is 0 Å². The van der Waals surface area contributed by atoms with Gasteiger partial charge in [0, 0.05) is 44.1 Å². The van der Waals surface area contributed by atoms with Crippen LogP contribution in [0.2, 0.25) is 0 Å². The Morgan fingerprint density at radius 3 is 1.76 bits per heavy atom. The Kier molecular flexibility index (Phi) is 19.1. The van der Waals surface area contributed by atoms with Crippen LogP contribution in [0.4, 0.5) is 0 Å². The number of rotatable bonds is 21. The number of aliphatic carboxylic acids is 1. The molecule has 0 aromatic heterocycles. The van der Waals surface area contributed by atoms with Gasteiger partial charge in [-0.05, 0) is 72.4 Å². The number of benzene rings is 5. The summed E-state index contributed by atoms with van der Waals surface area (Å²) in [5.74, 6) is -11.7. The van der Waals surface area contributed by atoms with Gasteiger partial charge in [-0.25, -0.2) is 9.59 Å². The van der Waals surface area contributed by atoms with Gasteiger partial charge in [0.05, 0.1) is 36.3 Å². The van der Waals surface area contributed by atoms with Crippen LogP contribution in [0.3, 0.4) is 0 Å². The lowest BCUT2D eigenvalue weighted by atomic mass is 9.44. The van der Waals surface area contributed by atoms with E-state index in [2.05, 4.69) is 10.6 Å². The van der Waals surface area contributed by atoms with Crippen molar-refractivity contribution < 1.29 is 91.3 Å². The molecule has 0 spiro atoms. The van der Waals surface area contributed by atoms with Crippen LogP contribution in [0.1, 0.15) is 111 Å². The van der Waals surface area contributed by atoms with E-state index in [1.165, 1.54) is 64.1 Å². The molecule has 1 heterocycles. The van der Waals surface area contributed by atoms with E-state index in [0.717, 1.165) is 13.8 Å². The number of ether oxygens (including phenoxy) is 7. The number of carbonyl (C=O) groups excluding carboxylic acids is 9. The number of ketones is 1. The number of esters is 6. The minimum absolute atomic E-state index is 0.0175. The fourth-order valence-electron chi connectivity index (χ4n) is 13.2. The Labute approximate surface area is 513 Å². The molecule has 1 aliphatic heterocycles. The second-order valence-corrected chi connectivity index (χ2v) is 23.6. The van der Waals surface area contributed by atoms with Crippen molar-refractivity contribution in [2.45, 2.75) is 140 Å². The molecule has 5 aromatic carbocycles. The zero-order chi connectivity index (χ0) is 64.0. The van der Waals surface area contributed by atoms with Crippen LogP contribution in [0.15, 0.2) is 163 Å². The fraction of sp³-hybridized carbons (Fsp3) is 0.382. The van der Waals surface area contributed by atoms with Gasteiger partial charge in [-0.1, -0.05) is 141 Å². The highest BCUT2D eigenvalue weighted by atomic mass is 16.6. The van der Waals surface area contributed by atoms with Gasteiger partial charge in [0.25, 0.3) is 5.91 Å². The first kappa shape index (κ1) is 64.1. The molecule has 0 radical (unpaired) electrons. The number of carbonyl (C=O) groups is 10. The molecule has 4 aliphatic rings. The van der Waals surface area contributed by atoms with Crippen LogP contribution in [-0.4, -0.2) is 130 Å². The molecule has 0 unspecified atom stereocenters. The summed E-state index contributed by atoms with van der Waals surface area (Å²) < 4.78 is 44.2. The van der Waals surface area contributed by atoms with Crippen LogP contribution in [-0.2, 0) is 84.4 Å². The summed E-state index contributed by atoms with van der Waals surface area (Å²) in [6.45, 7) is 7.64. The minimum atomic E-state index is -2.62. The topological polar surface area (TPSA) is 300 Å². The van der Waals surface area contributed by atoms with Gasteiger partial charge in [-0.15, -0.1) is 0 Å². The zero-order valence-electron chi connectivity index (χ0n) is 49.9. The van der Waals surface area contributed by atoms with E-state index in [1.807, 2.05) is 0 Å². The molecule has 12 atom stereocenters. The molecule has 2 saturated carbocycles. The Morgan fingerprint density at radius 1 is 0.674 bits per heavy atom. The molecule has 21 nitrogen and oxygen atoms in total. The Balaban J connectivity index is 1.20. The molecule has 3 fully saturated rings. The average Bonchev–Trinajstić information content (AvgIpc) is 0.671. The maximum atomic E-state index is 16.6. The minimum Gasteiger partial charge on any atom is -0.481 e. The highest BCUT2D eigenvalue weighted by Gasteiger charge is 2.79. The third-order valence-corrected chi connectivity index (χ3v) is 17.6. The summed E-state index contributed by atoms with van der Waals surface area (Å²) in [7, 11) is 0. The SMILES string of the molecule is CC(=O)O[C@H]1C(=O)[C@]2(C)[C@@H](OC(=O)Cc3ccccc3)C[C@H]3OC[C@@]3(OC(C)=O)[C@H]2[C@H](OC(=O)c2ccccc2)[C@]2(O)C[C@H](OC(=O)[C@H](OC(=O)Cc3ccccc3)[C@@H](NC(=O)[C@@H](CCC(=O)O)NC(=O)c3ccccc3)c3ccccc3)C(C)=C1C2(C)C. The Bertz CT molecular complexity index is 3530. The van der Waals surface area contributed by atoms with Gasteiger partial charge in [-0.3, -0.25) is 38.4 Å². The molecular weight excluding hydrogens is 1150 g/mol. The second kappa shape index (κ2) is 26.6. The van der Waals surface area contributed by atoms with Gasteiger partial charge in [0.15, 0.2) is 17.5 Å². The van der Waals surface area contributed by atoms with Crippen molar-refractivity contribution in [2.75, 3.05) is 6.61 Å². The largest absolute Gasteiger partial charge is 0.481 e. The Morgan fingerprint density at radius 2 is 1.22 bits per heavy atom. The summed E-state index contributed by atoms with van der Waals surface area (Å²) in [5.41, 5.74) is -7.45. The second-order valence-electron chi connectivity index (χ2n) is 23.6. The zero-order valence-corrected chi connectivity index (χ0v) is 49.9. The molecule has 2 bridgehead atoms. The number of amides is 2. The lowest BCUT2D eigenvalue weighted by Gasteiger charge is -2.67. The van der Waals surface area contributed by atoms with Gasteiger partial charge < -0.3 is 54.0 Å². The monoisotopic (exact) mass is 1220 g/mol. The molecule has 5 aromatic rings. The fourth-order valence-corrected chi connectivity index (χ4v) is 13.2.